The Morgan fingerprint density at radius 3 is 2.71 bits per heavy atom. The van der Waals surface area contributed by atoms with E-state index in [-0.39, 0.29) is 11.9 Å². The van der Waals surface area contributed by atoms with E-state index in [1.165, 1.54) is 12.1 Å². The fraction of sp³-hybridized carbons (Fsp3) is 0.533. The van der Waals surface area contributed by atoms with E-state index >= 15 is 0 Å². The van der Waals surface area contributed by atoms with E-state index in [1.54, 1.807) is 6.07 Å². The van der Waals surface area contributed by atoms with E-state index in [2.05, 4.69) is 24.3 Å². The molecule has 0 aliphatic heterocycles. The molecule has 1 atom stereocenters. The van der Waals surface area contributed by atoms with Gasteiger partial charge in [0.2, 0.25) is 0 Å². The largest absolute Gasteiger partial charge is 0.409 e. The Morgan fingerprint density at radius 2 is 2.14 bits per heavy atom. The predicted octanol–water partition coefficient (Wildman–Crippen LogP) is 2.07. The van der Waals surface area contributed by atoms with Crippen molar-refractivity contribution >= 4 is 5.84 Å². The molecule has 1 unspecified atom stereocenters. The molecule has 0 amide bonds. The van der Waals surface area contributed by atoms with Gasteiger partial charge in [-0.05, 0) is 36.6 Å². The molecule has 0 saturated carbocycles. The molecule has 1 rings (SSSR count). The van der Waals surface area contributed by atoms with Crippen LogP contribution < -0.4 is 11.1 Å². The SMILES string of the molecule is CCOCC(NCc1cc(F)cc(/C(N)=N/O)c1)C(C)C. The minimum absolute atomic E-state index is 0.106. The number of benzene rings is 1. The summed E-state index contributed by atoms with van der Waals surface area (Å²) in [6.07, 6.45) is 0. The zero-order valence-electron chi connectivity index (χ0n) is 12.8. The molecule has 0 aromatic heterocycles. The number of ether oxygens (including phenoxy) is 1. The highest BCUT2D eigenvalue weighted by molar-refractivity contribution is 5.97. The van der Waals surface area contributed by atoms with Gasteiger partial charge in [0.1, 0.15) is 5.82 Å². The summed E-state index contributed by atoms with van der Waals surface area (Å²) >= 11 is 0. The maximum Gasteiger partial charge on any atom is 0.170 e. The Kier molecular flexibility index (Phi) is 7.11. The maximum absolute atomic E-state index is 13.6. The average molecular weight is 297 g/mol. The van der Waals surface area contributed by atoms with Crippen LogP contribution in [0.4, 0.5) is 4.39 Å². The van der Waals surface area contributed by atoms with Gasteiger partial charge in [-0.1, -0.05) is 19.0 Å². The number of hydrogen-bond acceptors (Lipinski definition) is 4. The van der Waals surface area contributed by atoms with Gasteiger partial charge in [-0.15, -0.1) is 0 Å². The maximum atomic E-state index is 13.6. The van der Waals surface area contributed by atoms with Gasteiger partial charge < -0.3 is 21.0 Å². The Balaban J connectivity index is 2.75. The van der Waals surface area contributed by atoms with Gasteiger partial charge in [-0.2, -0.15) is 0 Å². The van der Waals surface area contributed by atoms with Crippen LogP contribution in [0.15, 0.2) is 23.4 Å². The molecular weight excluding hydrogens is 273 g/mol. The summed E-state index contributed by atoms with van der Waals surface area (Å²) in [7, 11) is 0. The Labute approximate surface area is 125 Å². The van der Waals surface area contributed by atoms with Crippen molar-refractivity contribution in [2.45, 2.75) is 33.4 Å². The zero-order chi connectivity index (χ0) is 15.8. The van der Waals surface area contributed by atoms with E-state index in [1.807, 2.05) is 6.92 Å². The smallest absolute Gasteiger partial charge is 0.170 e. The molecular formula is C15H24FN3O2. The minimum atomic E-state index is -0.415. The summed E-state index contributed by atoms with van der Waals surface area (Å²) in [5, 5.41) is 14.9. The summed E-state index contributed by atoms with van der Waals surface area (Å²) in [5.74, 6) is -0.124. The number of nitrogens with one attached hydrogen (secondary N) is 1. The van der Waals surface area contributed by atoms with Crippen LogP contribution in [0.25, 0.3) is 0 Å². The lowest BCUT2D eigenvalue weighted by atomic mass is 10.0. The number of amidine groups is 1. The van der Waals surface area contributed by atoms with Gasteiger partial charge in [0.25, 0.3) is 0 Å². The Bertz CT molecular complexity index is 478. The van der Waals surface area contributed by atoms with Crippen LogP contribution in [0, 0.1) is 11.7 Å². The summed E-state index contributed by atoms with van der Waals surface area (Å²) in [6.45, 7) is 7.91. The van der Waals surface area contributed by atoms with Gasteiger partial charge in [-0.25, -0.2) is 4.39 Å². The molecule has 5 nitrogen and oxygen atoms in total. The predicted molar refractivity (Wildman–Crippen MR) is 80.9 cm³/mol. The van der Waals surface area contributed by atoms with Crippen molar-refractivity contribution in [1.29, 1.82) is 0 Å². The first kappa shape index (κ1) is 17.4. The first-order valence-electron chi connectivity index (χ1n) is 7.06. The first-order chi connectivity index (χ1) is 9.97. The van der Waals surface area contributed by atoms with Crippen LogP contribution in [0.5, 0.6) is 0 Å². The molecule has 1 aromatic carbocycles. The molecule has 0 aliphatic rings. The normalized spacial score (nSPS) is 13.7. The standard InChI is InChI=1S/C15H24FN3O2/c1-4-21-9-14(10(2)3)18-8-11-5-12(15(17)19-20)7-13(16)6-11/h5-7,10,14,18,20H,4,8-9H2,1-3H3,(H2,17,19). The molecule has 6 heteroatoms. The molecule has 0 bridgehead atoms. The second-order valence-corrected chi connectivity index (χ2v) is 5.22. The van der Waals surface area contributed by atoms with Gasteiger partial charge in [-0.3, -0.25) is 0 Å². The lowest BCUT2D eigenvalue weighted by Gasteiger charge is -2.22. The minimum Gasteiger partial charge on any atom is -0.409 e. The molecule has 0 aliphatic carbocycles. The monoisotopic (exact) mass is 297 g/mol. The first-order valence-corrected chi connectivity index (χ1v) is 7.06. The van der Waals surface area contributed by atoms with Crippen LogP contribution in [-0.4, -0.2) is 30.3 Å². The lowest BCUT2D eigenvalue weighted by molar-refractivity contribution is 0.108. The molecule has 0 heterocycles. The molecule has 118 valence electrons. The lowest BCUT2D eigenvalue weighted by Crippen LogP contribution is -2.37. The number of hydrogen-bond donors (Lipinski definition) is 3. The fourth-order valence-electron chi connectivity index (χ4n) is 1.94. The van der Waals surface area contributed by atoms with Crippen molar-refractivity contribution in [3.63, 3.8) is 0 Å². The van der Waals surface area contributed by atoms with Crippen molar-refractivity contribution in [3.05, 3.63) is 35.1 Å². The summed E-state index contributed by atoms with van der Waals surface area (Å²) in [6, 6.07) is 4.54. The molecule has 0 fully saturated rings. The van der Waals surface area contributed by atoms with Crippen molar-refractivity contribution in [2.75, 3.05) is 13.2 Å². The highest BCUT2D eigenvalue weighted by Crippen LogP contribution is 2.11. The summed E-state index contributed by atoms with van der Waals surface area (Å²) in [5.41, 5.74) is 6.59. The second-order valence-electron chi connectivity index (χ2n) is 5.22. The van der Waals surface area contributed by atoms with Crippen molar-refractivity contribution < 1.29 is 14.3 Å². The number of nitrogens with zero attached hydrogens (tertiary/aromatic N) is 1. The van der Waals surface area contributed by atoms with Crippen LogP contribution in [-0.2, 0) is 11.3 Å². The van der Waals surface area contributed by atoms with Crippen molar-refractivity contribution in [2.24, 2.45) is 16.8 Å². The van der Waals surface area contributed by atoms with E-state index in [9.17, 15) is 4.39 Å². The highest BCUT2D eigenvalue weighted by Gasteiger charge is 2.13. The van der Waals surface area contributed by atoms with Crippen LogP contribution >= 0.6 is 0 Å². The quantitative estimate of drug-likeness (QED) is 0.297. The second kappa shape index (κ2) is 8.59. The molecule has 21 heavy (non-hydrogen) atoms. The van der Waals surface area contributed by atoms with E-state index < -0.39 is 5.82 Å². The van der Waals surface area contributed by atoms with E-state index in [0.29, 0.717) is 31.2 Å². The average Bonchev–Trinajstić information content (AvgIpc) is 2.45. The van der Waals surface area contributed by atoms with Gasteiger partial charge in [0, 0.05) is 24.8 Å². The molecule has 4 N–H and O–H groups in total. The number of oxime groups is 1. The molecule has 0 spiro atoms. The van der Waals surface area contributed by atoms with Crippen LogP contribution in [0.2, 0.25) is 0 Å². The third-order valence-electron chi connectivity index (χ3n) is 3.24. The third kappa shape index (κ3) is 5.69. The summed E-state index contributed by atoms with van der Waals surface area (Å²) < 4.78 is 19.0. The highest BCUT2D eigenvalue weighted by atomic mass is 19.1. The van der Waals surface area contributed by atoms with Crippen molar-refractivity contribution in [3.8, 4) is 0 Å². The molecule has 0 saturated heterocycles. The molecule has 1 aromatic rings. The zero-order valence-corrected chi connectivity index (χ0v) is 12.8. The van der Waals surface area contributed by atoms with E-state index in [0.717, 1.165) is 5.56 Å². The van der Waals surface area contributed by atoms with Gasteiger partial charge in [0.05, 0.1) is 6.61 Å². The number of rotatable bonds is 8. The Morgan fingerprint density at radius 1 is 1.43 bits per heavy atom. The fourth-order valence-corrected chi connectivity index (χ4v) is 1.94. The number of nitrogens with two attached hydrogens (primary N) is 1. The van der Waals surface area contributed by atoms with Crippen molar-refractivity contribution in [1.82, 2.24) is 5.32 Å². The topological polar surface area (TPSA) is 79.9 Å². The van der Waals surface area contributed by atoms with E-state index in [4.69, 9.17) is 15.7 Å². The van der Waals surface area contributed by atoms with Gasteiger partial charge in [0.15, 0.2) is 5.84 Å². The van der Waals surface area contributed by atoms with Crippen LogP contribution in [0.3, 0.4) is 0 Å². The van der Waals surface area contributed by atoms with Crippen LogP contribution in [0.1, 0.15) is 31.9 Å². The third-order valence-corrected chi connectivity index (χ3v) is 3.24. The Hall–Kier alpha value is -1.66. The summed E-state index contributed by atoms with van der Waals surface area (Å²) in [4.78, 5) is 0. The number of halogens is 1. The molecule has 0 radical (unpaired) electrons. The van der Waals surface area contributed by atoms with Gasteiger partial charge >= 0.3 is 0 Å².